The van der Waals surface area contributed by atoms with Gasteiger partial charge >= 0.3 is 7.12 Å². The molecule has 0 saturated heterocycles. The van der Waals surface area contributed by atoms with Gasteiger partial charge in [0.15, 0.2) is 0 Å². The summed E-state index contributed by atoms with van der Waals surface area (Å²) in [5.74, 6) is -0.150. The number of hydrogen-bond donors (Lipinski definition) is 1. The molecular formula is C15H12BNO3. The fourth-order valence-corrected chi connectivity index (χ4v) is 2.10. The number of benzene rings is 1. The van der Waals surface area contributed by atoms with E-state index in [1.165, 1.54) is 6.08 Å². The van der Waals surface area contributed by atoms with Gasteiger partial charge in [0.1, 0.15) is 5.69 Å². The molecule has 3 rings (SSSR count). The van der Waals surface area contributed by atoms with Crippen molar-refractivity contribution in [3.05, 3.63) is 65.5 Å². The van der Waals surface area contributed by atoms with E-state index in [1.54, 1.807) is 30.5 Å². The number of ketones is 1. The molecule has 0 aliphatic carbocycles. The maximum atomic E-state index is 11.9. The zero-order chi connectivity index (χ0) is 13.9. The van der Waals surface area contributed by atoms with E-state index in [4.69, 9.17) is 4.65 Å². The van der Waals surface area contributed by atoms with E-state index in [0.29, 0.717) is 12.3 Å². The smallest absolute Gasteiger partial charge is 0.423 e. The predicted molar refractivity (Wildman–Crippen MR) is 76.4 cm³/mol. The number of hydrogen-bond acceptors (Lipinski definition) is 4. The second-order valence-corrected chi connectivity index (χ2v) is 4.53. The Morgan fingerprint density at radius 1 is 1.35 bits per heavy atom. The highest BCUT2D eigenvalue weighted by Crippen LogP contribution is 2.12. The van der Waals surface area contributed by atoms with E-state index in [2.05, 4.69) is 4.98 Å². The lowest BCUT2D eigenvalue weighted by atomic mass is 9.79. The van der Waals surface area contributed by atoms with Crippen LogP contribution >= 0.6 is 0 Å². The average molecular weight is 265 g/mol. The summed E-state index contributed by atoms with van der Waals surface area (Å²) in [4.78, 5) is 15.9. The number of carbonyl (C=O) groups excluding carboxylic acids is 1. The molecule has 1 aliphatic heterocycles. The molecule has 0 amide bonds. The van der Waals surface area contributed by atoms with Gasteiger partial charge in [0, 0.05) is 6.20 Å². The van der Waals surface area contributed by atoms with Gasteiger partial charge in [0.2, 0.25) is 5.78 Å². The van der Waals surface area contributed by atoms with E-state index >= 15 is 0 Å². The number of pyridine rings is 1. The Morgan fingerprint density at radius 2 is 2.25 bits per heavy atom. The van der Waals surface area contributed by atoms with Crippen LogP contribution in [0.25, 0.3) is 6.08 Å². The summed E-state index contributed by atoms with van der Waals surface area (Å²) in [6.07, 6.45) is 4.78. The predicted octanol–water partition coefficient (Wildman–Crippen LogP) is 1.20. The van der Waals surface area contributed by atoms with Crippen molar-refractivity contribution in [3.8, 4) is 0 Å². The van der Waals surface area contributed by atoms with Crippen LogP contribution in [-0.2, 0) is 11.3 Å². The highest BCUT2D eigenvalue weighted by Gasteiger charge is 2.26. The van der Waals surface area contributed by atoms with Crippen molar-refractivity contribution in [2.75, 3.05) is 0 Å². The highest BCUT2D eigenvalue weighted by atomic mass is 16.5. The van der Waals surface area contributed by atoms with Gasteiger partial charge in [-0.2, -0.15) is 0 Å². The third-order valence-electron chi connectivity index (χ3n) is 3.18. The molecule has 1 aromatic heterocycles. The number of allylic oxidation sites excluding steroid dienone is 1. The molecule has 2 aromatic rings. The van der Waals surface area contributed by atoms with Crippen LogP contribution < -0.4 is 5.46 Å². The van der Waals surface area contributed by atoms with Crippen LogP contribution in [0.4, 0.5) is 0 Å². The molecule has 0 saturated carbocycles. The van der Waals surface area contributed by atoms with E-state index in [1.807, 2.05) is 18.2 Å². The molecule has 0 radical (unpaired) electrons. The second kappa shape index (κ2) is 5.40. The van der Waals surface area contributed by atoms with Crippen LogP contribution in [0.2, 0.25) is 0 Å². The maximum absolute atomic E-state index is 11.9. The van der Waals surface area contributed by atoms with Crippen molar-refractivity contribution in [3.63, 3.8) is 0 Å². The summed E-state index contributed by atoms with van der Waals surface area (Å²) in [5, 5.41) is 9.64. The molecule has 98 valence electrons. The zero-order valence-corrected chi connectivity index (χ0v) is 10.7. The second-order valence-electron chi connectivity index (χ2n) is 4.53. The average Bonchev–Trinajstić information content (AvgIpc) is 2.87. The molecule has 0 fully saturated rings. The Morgan fingerprint density at radius 3 is 3.05 bits per heavy atom. The molecule has 5 heteroatoms. The Balaban J connectivity index is 1.80. The fourth-order valence-electron chi connectivity index (χ4n) is 2.10. The van der Waals surface area contributed by atoms with Crippen LogP contribution in [0.5, 0.6) is 0 Å². The molecule has 1 N–H and O–H groups in total. The number of rotatable bonds is 3. The Labute approximate surface area is 116 Å². The first-order chi connectivity index (χ1) is 9.74. The number of carbonyl (C=O) groups is 1. The van der Waals surface area contributed by atoms with E-state index in [0.717, 1.165) is 16.6 Å². The minimum Gasteiger partial charge on any atom is -0.423 e. The number of fused-ring (bicyclic) bond motifs is 1. The zero-order valence-electron chi connectivity index (χ0n) is 10.7. The van der Waals surface area contributed by atoms with Gasteiger partial charge in [0.05, 0.1) is 6.61 Å². The summed E-state index contributed by atoms with van der Waals surface area (Å²) >= 11 is 0. The van der Waals surface area contributed by atoms with Gasteiger partial charge in [-0.1, -0.05) is 30.3 Å². The third-order valence-corrected chi connectivity index (χ3v) is 3.18. The standard InChI is InChI=1S/C15H12BNO3/c18-15(14-3-1-2-8-17-14)7-5-11-4-6-12-10-20-16(19)13(12)9-11/h1-9,19H,10H2/b7-5+. The molecule has 0 atom stereocenters. The highest BCUT2D eigenvalue weighted by molar-refractivity contribution is 6.61. The van der Waals surface area contributed by atoms with Crippen molar-refractivity contribution < 1.29 is 14.5 Å². The third kappa shape index (κ3) is 2.54. The topological polar surface area (TPSA) is 59.4 Å². The molecule has 20 heavy (non-hydrogen) atoms. The van der Waals surface area contributed by atoms with E-state index in [9.17, 15) is 9.82 Å². The number of aromatic nitrogens is 1. The molecule has 2 heterocycles. The van der Waals surface area contributed by atoms with Crippen LogP contribution in [0.1, 0.15) is 21.6 Å². The van der Waals surface area contributed by atoms with Gasteiger partial charge in [0.25, 0.3) is 0 Å². The Bertz CT molecular complexity index is 670. The minimum absolute atomic E-state index is 0.150. The monoisotopic (exact) mass is 265 g/mol. The van der Waals surface area contributed by atoms with Gasteiger partial charge in [-0.05, 0) is 34.8 Å². The molecule has 0 spiro atoms. The molecular weight excluding hydrogens is 253 g/mol. The summed E-state index contributed by atoms with van der Waals surface area (Å²) in [6, 6.07) is 10.8. The molecule has 1 aliphatic rings. The molecule has 1 aromatic carbocycles. The van der Waals surface area contributed by atoms with Gasteiger partial charge in [-0.25, -0.2) is 0 Å². The van der Waals surface area contributed by atoms with Crippen LogP contribution in [0.3, 0.4) is 0 Å². The molecule has 0 bridgehead atoms. The summed E-state index contributed by atoms with van der Waals surface area (Å²) in [6.45, 7) is 0.424. The van der Waals surface area contributed by atoms with Crippen LogP contribution in [-0.4, -0.2) is 22.9 Å². The van der Waals surface area contributed by atoms with Gasteiger partial charge < -0.3 is 9.68 Å². The summed E-state index contributed by atoms with van der Waals surface area (Å²) in [7, 11) is -0.871. The SMILES string of the molecule is O=C(/C=C/c1ccc2c(c1)B(O)OC2)c1ccccn1. The quantitative estimate of drug-likeness (QED) is 0.514. The van der Waals surface area contributed by atoms with Crippen molar-refractivity contribution in [1.82, 2.24) is 4.98 Å². The number of nitrogens with zero attached hydrogens (tertiary/aromatic N) is 1. The maximum Gasteiger partial charge on any atom is 0.491 e. The van der Waals surface area contributed by atoms with E-state index < -0.39 is 7.12 Å². The van der Waals surface area contributed by atoms with Crippen molar-refractivity contribution in [2.24, 2.45) is 0 Å². The van der Waals surface area contributed by atoms with Crippen molar-refractivity contribution in [1.29, 1.82) is 0 Å². The normalized spacial score (nSPS) is 13.8. The summed E-state index contributed by atoms with van der Waals surface area (Å²) in [5.41, 5.74) is 2.99. The lowest BCUT2D eigenvalue weighted by Crippen LogP contribution is -2.28. The molecule has 0 unspecified atom stereocenters. The lowest BCUT2D eigenvalue weighted by Gasteiger charge is -2.00. The first kappa shape index (κ1) is 12.8. The first-order valence-electron chi connectivity index (χ1n) is 6.30. The van der Waals surface area contributed by atoms with Gasteiger partial charge in [-0.15, -0.1) is 0 Å². The molecule has 4 nitrogen and oxygen atoms in total. The van der Waals surface area contributed by atoms with Crippen LogP contribution in [0.15, 0.2) is 48.7 Å². The Kier molecular flexibility index (Phi) is 3.45. The largest absolute Gasteiger partial charge is 0.491 e. The van der Waals surface area contributed by atoms with Gasteiger partial charge in [-0.3, -0.25) is 9.78 Å². The lowest BCUT2D eigenvalue weighted by molar-refractivity contribution is 0.104. The van der Waals surface area contributed by atoms with Crippen molar-refractivity contribution in [2.45, 2.75) is 6.61 Å². The van der Waals surface area contributed by atoms with Crippen molar-refractivity contribution >= 4 is 24.4 Å². The van der Waals surface area contributed by atoms with Crippen LogP contribution in [0, 0.1) is 0 Å². The fraction of sp³-hybridized carbons (Fsp3) is 0.0667. The minimum atomic E-state index is -0.871. The van der Waals surface area contributed by atoms with E-state index in [-0.39, 0.29) is 5.78 Å². The summed E-state index contributed by atoms with van der Waals surface area (Å²) < 4.78 is 5.13. The first-order valence-corrected chi connectivity index (χ1v) is 6.30. The Hall–Kier alpha value is -2.24.